The van der Waals surface area contributed by atoms with Crippen molar-refractivity contribution in [1.82, 2.24) is 9.29 Å². The molecule has 29 heavy (non-hydrogen) atoms. The highest BCUT2D eigenvalue weighted by molar-refractivity contribution is 7.89. The molecule has 2 saturated heterocycles. The van der Waals surface area contributed by atoms with Gasteiger partial charge in [0.05, 0.1) is 0 Å². The summed E-state index contributed by atoms with van der Waals surface area (Å²) < 4.78 is 28.1. The second kappa shape index (κ2) is 6.78. The number of phenols is 1. The second-order valence-electron chi connectivity index (χ2n) is 8.31. The van der Waals surface area contributed by atoms with Crippen molar-refractivity contribution in [3.8, 4) is 5.75 Å². The maximum Gasteiger partial charge on any atom is 0.258 e. The highest BCUT2D eigenvalue weighted by Crippen LogP contribution is 2.43. The number of nitrogens with zero attached hydrogens (tertiary/aromatic N) is 2. The summed E-state index contributed by atoms with van der Waals surface area (Å²) in [6.07, 6.45) is 2.87. The van der Waals surface area contributed by atoms with E-state index < -0.39 is 10.0 Å². The zero-order valence-electron chi connectivity index (χ0n) is 16.2. The number of aromatic nitrogens is 1. The number of hydrogen-bond acceptors (Lipinski definition) is 4. The first-order valence-electron chi connectivity index (χ1n) is 10.1. The lowest BCUT2D eigenvalue weighted by Gasteiger charge is -2.40. The van der Waals surface area contributed by atoms with E-state index in [-0.39, 0.29) is 16.2 Å². The van der Waals surface area contributed by atoms with Crippen LogP contribution in [0.25, 0.3) is 10.9 Å². The Balaban J connectivity index is 1.30. The normalized spacial score (nSPS) is 19.9. The Morgan fingerprint density at radius 2 is 1.62 bits per heavy atom. The number of aromatic amines is 1. The Hall–Kier alpha value is -2.51. The molecule has 2 aliphatic rings. The van der Waals surface area contributed by atoms with E-state index in [0.717, 1.165) is 48.9 Å². The first kappa shape index (κ1) is 18.5. The highest BCUT2D eigenvalue weighted by atomic mass is 32.2. The Kier molecular flexibility index (Phi) is 4.33. The lowest BCUT2D eigenvalue weighted by Crippen LogP contribution is -2.42. The molecule has 5 rings (SSSR count). The summed E-state index contributed by atoms with van der Waals surface area (Å²) in [6, 6.07) is 16.7. The zero-order chi connectivity index (χ0) is 20.1. The molecule has 0 saturated carbocycles. The van der Waals surface area contributed by atoms with E-state index in [1.165, 1.54) is 0 Å². The van der Waals surface area contributed by atoms with Crippen molar-refractivity contribution < 1.29 is 13.5 Å². The predicted molar refractivity (Wildman–Crippen MR) is 114 cm³/mol. The fraction of sp³-hybridized carbons (Fsp3) is 0.364. The molecule has 0 radical (unpaired) electrons. The van der Waals surface area contributed by atoms with Gasteiger partial charge in [-0.25, -0.2) is 8.42 Å². The van der Waals surface area contributed by atoms with Gasteiger partial charge in [0, 0.05) is 42.8 Å². The summed E-state index contributed by atoms with van der Waals surface area (Å²) >= 11 is 0. The Labute approximate surface area is 170 Å². The maximum atomic E-state index is 13.2. The number of H-pyrrole nitrogens is 1. The lowest BCUT2D eigenvalue weighted by atomic mass is 9.78. The molecule has 0 amide bonds. The van der Waals surface area contributed by atoms with Crippen molar-refractivity contribution in [2.24, 2.45) is 5.41 Å². The van der Waals surface area contributed by atoms with Crippen LogP contribution in [0.15, 0.2) is 59.6 Å². The van der Waals surface area contributed by atoms with Crippen molar-refractivity contribution in [3.05, 3.63) is 54.6 Å². The molecule has 152 valence electrons. The number of benzene rings is 2. The maximum absolute atomic E-state index is 13.2. The first-order chi connectivity index (χ1) is 14.0. The highest BCUT2D eigenvalue weighted by Gasteiger charge is 2.44. The van der Waals surface area contributed by atoms with E-state index in [0.29, 0.717) is 13.1 Å². The monoisotopic (exact) mass is 411 g/mol. The minimum Gasteiger partial charge on any atom is -0.508 e. The molecular weight excluding hydrogens is 386 g/mol. The van der Waals surface area contributed by atoms with Gasteiger partial charge in [-0.3, -0.25) is 0 Å². The van der Waals surface area contributed by atoms with E-state index in [1.807, 2.05) is 36.4 Å². The second-order valence-corrected chi connectivity index (χ2v) is 10.2. The third-order valence-electron chi connectivity index (χ3n) is 6.57. The number of para-hydroxylation sites is 1. The molecule has 1 spiro atoms. The van der Waals surface area contributed by atoms with Crippen molar-refractivity contribution in [1.29, 1.82) is 0 Å². The summed E-state index contributed by atoms with van der Waals surface area (Å²) in [7, 11) is -3.51. The number of piperidine rings is 1. The number of phenolic OH excluding ortho intramolecular Hbond substituents is 1. The fourth-order valence-electron chi connectivity index (χ4n) is 4.73. The van der Waals surface area contributed by atoms with Crippen molar-refractivity contribution in [3.63, 3.8) is 0 Å². The van der Waals surface area contributed by atoms with Crippen LogP contribution >= 0.6 is 0 Å². The topological polar surface area (TPSA) is 76.6 Å². The molecule has 0 aliphatic carbocycles. The van der Waals surface area contributed by atoms with E-state index in [2.05, 4.69) is 9.88 Å². The quantitative estimate of drug-likeness (QED) is 0.691. The van der Waals surface area contributed by atoms with Gasteiger partial charge in [0.15, 0.2) is 0 Å². The van der Waals surface area contributed by atoms with Crippen molar-refractivity contribution in [2.75, 3.05) is 31.1 Å². The molecule has 2 N–H and O–H groups in total. The van der Waals surface area contributed by atoms with E-state index in [1.54, 1.807) is 22.5 Å². The molecule has 1 aromatic heterocycles. The van der Waals surface area contributed by atoms with Gasteiger partial charge in [-0.1, -0.05) is 18.2 Å². The predicted octanol–water partition coefficient (Wildman–Crippen LogP) is 3.55. The van der Waals surface area contributed by atoms with Crippen LogP contribution < -0.4 is 4.90 Å². The van der Waals surface area contributed by atoms with E-state index in [9.17, 15) is 13.5 Å². The molecule has 6 nitrogen and oxygen atoms in total. The largest absolute Gasteiger partial charge is 0.508 e. The van der Waals surface area contributed by atoms with Gasteiger partial charge in [-0.15, -0.1) is 0 Å². The molecular formula is C22H25N3O3S. The smallest absolute Gasteiger partial charge is 0.258 e. The lowest BCUT2D eigenvalue weighted by molar-refractivity contribution is 0.234. The van der Waals surface area contributed by atoms with Gasteiger partial charge in [-0.05, 0) is 61.1 Å². The van der Waals surface area contributed by atoms with Gasteiger partial charge >= 0.3 is 0 Å². The number of aromatic hydroxyl groups is 1. The number of anilines is 1. The van der Waals surface area contributed by atoms with Crippen LogP contribution in [-0.4, -0.2) is 49.0 Å². The Morgan fingerprint density at radius 3 is 2.34 bits per heavy atom. The molecule has 2 aliphatic heterocycles. The van der Waals surface area contributed by atoms with Crippen LogP contribution in [0.1, 0.15) is 19.3 Å². The zero-order valence-corrected chi connectivity index (χ0v) is 17.0. The molecule has 2 aromatic carbocycles. The minimum absolute atomic E-state index is 0.0620. The standard InChI is InChI=1S/C22H25N3O3S/c26-19-7-5-18(6-8-19)24-12-9-22(10-13-24)11-14-25(16-22)29(27,28)21-15-17-3-1-2-4-20(17)23-21/h1-8,15,23,26H,9-14,16H2. The van der Waals surface area contributed by atoms with E-state index >= 15 is 0 Å². The molecule has 3 heterocycles. The average molecular weight is 412 g/mol. The number of rotatable bonds is 3. The summed E-state index contributed by atoms with van der Waals surface area (Å²) in [5.41, 5.74) is 2.02. The molecule has 2 fully saturated rings. The molecule has 0 bridgehead atoms. The third-order valence-corrected chi connectivity index (χ3v) is 8.33. The van der Waals surface area contributed by atoms with Crippen LogP contribution in [0.2, 0.25) is 0 Å². The summed E-state index contributed by atoms with van der Waals surface area (Å²) in [6.45, 7) is 2.99. The average Bonchev–Trinajstić information content (AvgIpc) is 3.35. The van der Waals surface area contributed by atoms with Gasteiger partial charge in [0.25, 0.3) is 10.0 Å². The van der Waals surface area contributed by atoms with Gasteiger partial charge in [0.2, 0.25) is 0 Å². The van der Waals surface area contributed by atoms with Gasteiger partial charge < -0.3 is 15.0 Å². The molecule has 3 aromatic rings. The van der Waals surface area contributed by atoms with Crippen molar-refractivity contribution in [2.45, 2.75) is 24.3 Å². The van der Waals surface area contributed by atoms with Crippen molar-refractivity contribution >= 4 is 26.6 Å². The Bertz CT molecular complexity index is 1100. The Morgan fingerprint density at radius 1 is 0.931 bits per heavy atom. The minimum atomic E-state index is -3.51. The van der Waals surface area contributed by atoms with Gasteiger partial charge in [0.1, 0.15) is 10.8 Å². The molecule has 0 atom stereocenters. The van der Waals surface area contributed by atoms with Gasteiger partial charge in [-0.2, -0.15) is 4.31 Å². The van der Waals surface area contributed by atoms with Crippen LogP contribution in [0.5, 0.6) is 5.75 Å². The number of nitrogens with one attached hydrogen (secondary N) is 1. The first-order valence-corrected chi connectivity index (χ1v) is 11.5. The molecule has 7 heteroatoms. The fourth-order valence-corrected chi connectivity index (χ4v) is 6.30. The summed E-state index contributed by atoms with van der Waals surface area (Å²) in [5.74, 6) is 0.274. The number of fused-ring (bicyclic) bond motifs is 1. The van der Waals surface area contributed by atoms with E-state index in [4.69, 9.17) is 0 Å². The third kappa shape index (κ3) is 3.28. The number of hydrogen-bond donors (Lipinski definition) is 2. The number of sulfonamides is 1. The summed E-state index contributed by atoms with van der Waals surface area (Å²) in [5, 5.41) is 10.7. The SMILES string of the molecule is O=S(=O)(c1cc2ccccc2[nH]1)N1CCC2(CCN(c3ccc(O)cc3)CC2)C1. The van der Waals surface area contributed by atoms with Crippen LogP contribution in [0.4, 0.5) is 5.69 Å². The summed E-state index contributed by atoms with van der Waals surface area (Å²) in [4.78, 5) is 5.40. The van der Waals surface area contributed by atoms with Crippen LogP contribution in [-0.2, 0) is 10.0 Å². The molecule has 0 unspecified atom stereocenters. The van der Waals surface area contributed by atoms with Crippen LogP contribution in [0, 0.1) is 5.41 Å². The van der Waals surface area contributed by atoms with Crippen LogP contribution in [0.3, 0.4) is 0 Å².